The van der Waals surface area contributed by atoms with Gasteiger partial charge < -0.3 is 15.4 Å². The lowest BCUT2D eigenvalue weighted by Gasteiger charge is -2.37. The summed E-state index contributed by atoms with van der Waals surface area (Å²) in [4.78, 5) is 17.0. The molecule has 2 saturated heterocycles. The van der Waals surface area contributed by atoms with Crippen LogP contribution in [0.1, 0.15) is 18.4 Å². The van der Waals surface area contributed by atoms with E-state index in [1.165, 1.54) is 5.56 Å². The second-order valence-electron chi connectivity index (χ2n) is 6.58. The Labute approximate surface area is 138 Å². The zero-order valence-electron chi connectivity index (χ0n) is 13.7. The van der Waals surface area contributed by atoms with Crippen molar-refractivity contribution in [3.8, 4) is 0 Å². The Morgan fingerprint density at radius 1 is 1.17 bits per heavy atom. The average Bonchev–Trinajstić information content (AvgIpc) is 2.62. The molecular formula is C18H27N3O2. The summed E-state index contributed by atoms with van der Waals surface area (Å²) in [7, 11) is 0. The second kappa shape index (κ2) is 7.90. The van der Waals surface area contributed by atoms with Gasteiger partial charge in [0.05, 0.1) is 6.61 Å². The minimum absolute atomic E-state index is 0.151. The summed E-state index contributed by atoms with van der Waals surface area (Å²) in [6, 6.07) is 10.4. The molecule has 2 fully saturated rings. The van der Waals surface area contributed by atoms with E-state index in [2.05, 4.69) is 29.2 Å². The molecule has 2 aliphatic heterocycles. The number of ether oxygens (including phenoxy) is 1. The molecular weight excluding hydrogens is 290 g/mol. The van der Waals surface area contributed by atoms with E-state index in [-0.39, 0.29) is 12.0 Å². The van der Waals surface area contributed by atoms with E-state index in [1.807, 2.05) is 11.0 Å². The first-order valence-corrected chi connectivity index (χ1v) is 8.63. The maximum Gasteiger partial charge on any atom is 0.253 e. The summed E-state index contributed by atoms with van der Waals surface area (Å²) in [6.07, 6.45) is 1.72. The smallest absolute Gasteiger partial charge is 0.253 e. The predicted molar refractivity (Wildman–Crippen MR) is 89.8 cm³/mol. The molecule has 0 spiro atoms. The fourth-order valence-electron chi connectivity index (χ4n) is 3.43. The maximum absolute atomic E-state index is 12.7. The van der Waals surface area contributed by atoms with E-state index in [1.54, 1.807) is 0 Å². The first-order chi connectivity index (χ1) is 11.3. The van der Waals surface area contributed by atoms with E-state index in [9.17, 15) is 4.79 Å². The Balaban J connectivity index is 1.53. The first-order valence-electron chi connectivity index (χ1n) is 8.63. The fourth-order valence-corrected chi connectivity index (χ4v) is 3.43. The molecule has 1 aromatic rings. The largest absolute Gasteiger partial charge is 0.366 e. The lowest BCUT2D eigenvalue weighted by Crippen LogP contribution is -2.52. The number of rotatable bonds is 4. The van der Waals surface area contributed by atoms with Crippen molar-refractivity contribution in [1.82, 2.24) is 9.80 Å². The average molecular weight is 317 g/mol. The molecule has 0 radical (unpaired) electrons. The highest BCUT2D eigenvalue weighted by atomic mass is 16.5. The molecule has 2 aliphatic rings. The molecule has 5 nitrogen and oxygen atoms in total. The van der Waals surface area contributed by atoms with Gasteiger partial charge in [0.1, 0.15) is 6.10 Å². The number of hydrogen-bond donors (Lipinski definition) is 1. The van der Waals surface area contributed by atoms with Gasteiger partial charge in [-0.2, -0.15) is 0 Å². The summed E-state index contributed by atoms with van der Waals surface area (Å²) in [5, 5.41) is 0. The third-order valence-electron chi connectivity index (χ3n) is 4.93. The number of nitrogens with zero attached hydrogens (tertiary/aromatic N) is 2. The number of carbonyl (C=O) groups excluding carboxylic acids is 1. The second-order valence-corrected chi connectivity index (χ2v) is 6.58. The molecule has 126 valence electrons. The molecule has 0 aromatic heterocycles. The zero-order chi connectivity index (χ0) is 16.1. The van der Waals surface area contributed by atoms with Crippen molar-refractivity contribution in [3.05, 3.63) is 35.9 Å². The van der Waals surface area contributed by atoms with Crippen molar-refractivity contribution >= 4 is 5.91 Å². The van der Waals surface area contributed by atoms with Gasteiger partial charge in [-0.25, -0.2) is 0 Å². The van der Waals surface area contributed by atoms with Gasteiger partial charge >= 0.3 is 0 Å². The Bertz CT molecular complexity index is 500. The summed E-state index contributed by atoms with van der Waals surface area (Å²) < 4.78 is 5.76. The molecule has 23 heavy (non-hydrogen) atoms. The summed E-state index contributed by atoms with van der Waals surface area (Å²) in [5.74, 6) is 0.721. The van der Waals surface area contributed by atoms with Crippen molar-refractivity contribution in [2.45, 2.75) is 25.5 Å². The van der Waals surface area contributed by atoms with Gasteiger partial charge in [-0.05, 0) is 30.9 Å². The summed E-state index contributed by atoms with van der Waals surface area (Å²) >= 11 is 0. The lowest BCUT2D eigenvalue weighted by atomic mass is 9.97. The molecule has 5 heteroatoms. The Kier molecular flexibility index (Phi) is 5.65. The third-order valence-corrected chi connectivity index (χ3v) is 4.93. The highest BCUT2D eigenvalue weighted by Gasteiger charge is 2.32. The Morgan fingerprint density at radius 3 is 2.61 bits per heavy atom. The lowest BCUT2D eigenvalue weighted by molar-refractivity contribution is -0.151. The minimum atomic E-state index is -0.318. The number of nitrogens with two attached hydrogens (primary N) is 1. The normalized spacial score (nSPS) is 23.9. The quantitative estimate of drug-likeness (QED) is 0.903. The van der Waals surface area contributed by atoms with Crippen LogP contribution in [0.2, 0.25) is 0 Å². The summed E-state index contributed by atoms with van der Waals surface area (Å²) in [5.41, 5.74) is 7.01. The molecule has 0 aliphatic carbocycles. The molecule has 1 atom stereocenters. The van der Waals surface area contributed by atoms with Crippen LogP contribution in [-0.4, -0.2) is 61.1 Å². The molecule has 2 heterocycles. The molecule has 2 N–H and O–H groups in total. The van der Waals surface area contributed by atoms with Crippen LogP contribution in [0.5, 0.6) is 0 Å². The first kappa shape index (κ1) is 16.4. The number of hydrogen-bond acceptors (Lipinski definition) is 4. The molecule has 1 aromatic carbocycles. The zero-order valence-corrected chi connectivity index (χ0v) is 13.7. The van der Waals surface area contributed by atoms with Crippen molar-refractivity contribution in [1.29, 1.82) is 0 Å². The van der Waals surface area contributed by atoms with Gasteiger partial charge in [-0.1, -0.05) is 30.3 Å². The van der Waals surface area contributed by atoms with E-state index in [4.69, 9.17) is 10.5 Å². The number of likely N-dealkylation sites (tertiary alicyclic amines) is 1. The van der Waals surface area contributed by atoms with Crippen LogP contribution >= 0.6 is 0 Å². The molecule has 1 unspecified atom stereocenters. The highest BCUT2D eigenvalue weighted by Crippen LogP contribution is 2.19. The maximum atomic E-state index is 12.7. The molecule has 1 amide bonds. The van der Waals surface area contributed by atoms with Gasteiger partial charge in [-0.3, -0.25) is 9.69 Å². The monoisotopic (exact) mass is 317 g/mol. The molecule has 0 saturated carbocycles. The van der Waals surface area contributed by atoms with Crippen molar-refractivity contribution in [2.24, 2.45) is 11.7 Å². The SMILES string of the molecule is NCC1CCN(C(=O)C2CN(Cc3ccccc3)CCO2)CC1. The molecule has 0 bridgehead atoms. The van der Waals surface area contributed by atoms with Crippen LogP contribution in [0.3, 0.4) is 0 Å². The van der Waals surface area contributed by atoms with Gasteiger partial charge in [0.15, 0.2) is 0 Å². The van der Waals surface area contributed by atoms with E-state index in [0.717, 1.165) is 45.6 Å². The van der Waals surface area contributed by atoms with E-state index >= 15 is 0 Å². The van der Waals surface area contributed by atoms with Gasteiger partial charge in [0, 0.05) is 32.7 Å². The van der Waals surface area contributed by atoms with E-state index < -0.39 is 0 Å². The molecule has 3 rings (SSSR count). The number of benzene rings is 1. The minimum Gasteiger partial charge on any atom is -0.366 e. The van der Waals surface area contributed by atoms with Crippen LogP contribution in [0.15, 0.2) is 30.3 Å². The summed E-state index contributed by atoms with van der Waals surface area (Å²) in [6.45, 7) is 5.44. The fraction of sp³-hybridized carbons (Fsp3) is 0.611. The van der Waals surface area contributed by atoms with Crippen LogP contribution in [0.25, 0.3) is 0 Å². The predicted octanol–water partition coefficient (Wildman–Crippen LogP) is 1.08. The number of amides is 1. The van der Waals surface area contributed by atoms with Crippen molar-refractivity contribution in [2.75, 3.05) is 39.3 Å². The topological polar surface area (TPSA) is 58.8 Å². The highest BCUT2D eigenvalue weighted by molar-refractivity contribution is 5.81. The van der Waals surface area contributed by atoms with E-state index in [0.29, 0.717) is 19.1 Å². The van der Waals surface area contributed by atoms with Crippen molar-refractivity contribution < 1.29 is 9.53 Å². The van der Waals surface area contributed by atoms with Crippen LogP contribution in [-0.2, 0) is 16.1 Å². The number of morpholine rings is 1. The number of carbonyl (C=O) groups is 1. The van der Waals surface area contributed by atoms with Crippen molar-refractivity contribution in [3.63, 3.8) is 0 Å². The van der Waals surface area contributed by atoms with Gasteiger partial charge in [-0.15, -0.1) is 0 Å². The third kappa shape index (κ3) is 4.31. The Hall–Kier alpha value is -1.43. The Morgan fingerprint density at radius 2 is 1.91 bits per heavy atom. The van der Waals surface area contributed by atoms with Crippen LogP contribution in [0.4, 0.5) is 0 Å². The van der Waals surface area contributed by atoms with Gasteiger partial charge in [0.25, 0.3) is 5.91 Å². The number of piperidine rings is 1. The van der Waals surface area contributed by atoms with Crippen LogP contribution in [0, 0.1) is 5.92 Å². The standard InChI is InChI=1S/C18H27N3O2/c19-12-15-6-8-21(9-7-15)18(22)17-14-20(10-11-23-17)13-16-4-2-1-3-5-16/h1-5,15,17H,6-14,19H2. The van der Waals surface area contributed by atoms with Crippen LogP contribution < -0.4 is 5.73 Å². The van der Waals surface area contributed by atoms with Gasteiger partial charge in [0.2, 0.25) is 0 Å².